The van der Waals surface area contributed by atoms with Gasteiger partial charge in [-0.15, -0.1) is 0 Å². The minimum atomic E-state index is -4.70. The highest BCUT2D eigenvalue weighted by Crippen LogP contribution is 2.56. The summed E-state index contributed by atoms with van der Waals surface area (Å²) in [6.07, 6.45) is 12.0. The number of allylic oxidation sites excluding steroid dienone is 1. The molecule has 5 aromatic carbocycles. The van der Waals surface area contributed by atoms with Crippen molar-refractivity contribution >= 4 is 16.1 Å². The van der Waals surface area contributed by atoms with E-state index in [1.165, 1.54) is 0 Å². The summed E-state index contributed by atoms with van der Waals surface area (Å²) in [6.45, 7) is 2.10. The summed E-state index contributed by atoms with van der Waals surface area (Å²) in [4.78, 5) is 5.17. The second-order valence-corrected chi connectivity index (χ2v) is 27.0. The molecule has 426 valence electrons. The Morgan fingerprint density at radius 1 is 0.840 bits per heavy atom. The number of aliphatic hydroxyl groups excluding tert-OH is 1. The number of rotatable bonds is 10. The predicted octanol–water partition coefficient (Wildman–Crippen LogP) is 11.3. The number of ether oxygens (including phenoxy) is 2. The lowest BCUT2D eigenvalue weighted by atomic mass is 9.64. The van der Waals surface area contributed by atoms with E-state index in [4.69, 9.17) is 25.9 Å². The number of nitrogens with two attached hydrogens (primary N) is 2. The van der Waals surface area contributed by atoms with Gasteiger partial charge >= 0.3 is 0 Å². The molecule has 0 spiro atoms. The fourth-order valence-corrected chi connectivity index (χ4v) is 17.2. The van der Waals surface area contributed by atoms with E-state index in [1.807, 2.05) is 42.5 Å². The Labute approximate surface area is 477 Å². The van der Waals surface area contributed by atoms with Crippen molar-refractivity contribution in [3.8, 4) is 23.3 Å². The highest BCUT2D eigenvalue weighted by atomic mass is 32.2. The van der Waals surface area contributed by atoms with E-state index < -0.39 is 56.2 Å². The molecule has 9 aliphatic rings. The van der Waals surface area contributed by atoms with Crippen molar-refractivity contribution < 1.29 is 42.9 Å². The minimum absolute atomic E-state index is 0.0598. The van der Waals surface area contributed by atoms with Crippen LogP contribution < -0.4 is 16.2 Å². The lowest BCUT2D eigenvalue weighted by Crippen LogP contribution is -2.48. The van der Waals surface area contributed by atoms with E-state index in [1.54, 1.807) is 12.1 Å². The van der Waals surface area contributed by atoms with Gasteiger partial charge in [0, 0.05) is 42.1 Å². The van der Waals surface area contributed by atoms with Crippen LogP contribution in [0.5, 0.6) is 11.5 Å². The average Bonchev–Trinajstić information content (AvgIpc) is 3.90. The Balaban J connectivity index is 1.00. The quantitative estimate of drug-likeness (QED) is 0.0229. The molecule has 0 radical (unpaired) electrons. The Bertz CT molecular complexity index is 3350. The van der Waals surface area contributed by atoms with Crippen LogP contribution in [0.3, 0.4) is 0 Å². The van der Waals surface area contributed by atoms with Gasteiger partial charge in [-0.05, 0) is 188 Å². The Hall–Kier alpha value is -5.98. The molecule has 13 heteroatoms. The molecule has 0 unspecified atom stereocenters. The van der Waals surface area contributed by atoms with E-state index in [-0.39, 0.29) is 66.9 Å². The standard InChI is InChI=1S/C68H79N3O9S/c1-42-14-15-48-35-56-25-27-58(48)60(42)38-62(81(76,77)78)61-37-51-33-50(36-57-32-44(41-72)11-7-12-47-34-55(73)24-26-59(47)64(51)79-57)63(61)46-18-22-53(23-19-46)68(80-56,71-65(69)70)40-54(31-43-9-3-2-4-10-43)67(75)30-8-13-49(39-67)45-16-20-52(21-17-45)66(74)28-5-6-29-66/h2-4,9-10,16-27,34-35,37,42,44,49-50,54,57,60-64,72-75H,5-6,8,11,13-15,28-33,36,38-41H2,1H3,(H4,69,70,71)(H,76,77,78)/t42-,44+,49+,50-,54+,57-,60+,61-,62-,63+,64-,67-,68+/m1/s1. The van der Waals surface area contributed by atoms with Crippen LogP contribution in [-0.4, -0.2) is 62.9 Å². The summed E-state index contributed by atoms with van der Waals surface area (Å²) < 4.78 is 55.3. The second kappa shape index (κ2) is 22.3. The van der Waals surface area contributed by atoms with Gasteiger partial charge in [0.15, 0.2) is 5.96 Å². The van der Waals surface area contributed by atoms with Crippen LogP contribution in [-0.2, 0) is 39.0 Å². The highest BCUT2D eigenvalue weighted by molar-refractivity contribution is 7.86. The number of aliphatic imine (C=N–C) groups is 1. The summed E-state index contributed by atoms with van der Waals surface area (Å²) in [5.41, 5.74) is 18.7. The van der Waals surface area contributed by atoms with Crippen LogP contribution in [0.15, 0.2) is 132 Å². The minimum Gasteiger partial charge on any atom is -0.508 e. The van der Waals surface area contributed by atoms with Gasteiger partial charge in [-0.1, -0.05) is 129 Å². The summed E-state index contributed by atoms with van der Waals surface area (Å²) in [6, 6.07) is 38.0. The molecular weight excluding hydrogens is 1030 g/mol. The first-order valence-corrected chi connectivity index (χ1v) is 31.3. The van der Waals surface area contributed by atoms with E-state index in [0.717, 1.165) is 95.9 Å². The van der Waals surface area contributed by atoms with Gasteiger partial charge in [-0.3, -0.25) is 4.55 Å². The first-order valence-electron chi connectivity index (χ1n) is 29.8. The van der Waals surface area contributed by atoms with E-state index in [0.29, 0.717) is 61.8 Å². The van der Waals surface area contributed by atoms with Crippen molar-refractivity contribution in [3.05, 3.63) is 177 Å². The number of benzene rings is 5. The number of phenolic OH excluding ortho intramolecular Hbond substituents is 1. The maximum Gasteiger partial charge on any atom is 0.268 e. The lowest BCUT2D eigenvalue weighted by molar-refractivity contribution is -0.0834. The second-order valence-electron chi connectivity index (χ2n) is 25.4. The third-order valence-electron chi connectivity index (χ3n) is 20.3. The van der Waals surface area contributed by atoms with Gasteiger partial charge < -0.3 is 41.4 Å². The molecule has 5 heterocycles. The van der Waals surface area contributed by atoms with Gasteiger partial charge in [0.05, 0.1) is 22.6 Å². The fraction of sp³-hybridized carbons (Fsp3) is 0.485. The summed E-state index contributed by atoms with van der Waals surface area (Å²) >= 11 is 0. The smallest absolute Gasteiger partial charge is 0.268 e. The number of phenols is 1. The third kappa shape index (κ3) is 11.2. The van der Waals surface area contributed by atoms with Crippen LogP contribution in [0.25, 0.3) is 0 Å². The van der Waals surface area contributed by atoms with E-state index in [9.17, 15) is 33.4 Å². The van der Waals surface area contributed by atoms with Gasteiger partial charge in [0.2, 0.25) is 5.72 Å². The molecule has 0 amide bonds. The lowest BCUT2D eigenvalue weighted by Gasteiger charge is -2.46. The molecule has 5 aromatic rings. The van der Waals surface area contributed by atoms with Gasteiger partial charge in [0.1, 0.15) is 17.6 Å². The molecule has 10 bridgehead atoms. The first kappa shape index (κ1) is 55.5. The largest absolute Gasteiger partial charge is 0.508 e. The molecule has 0 aromatic heterocycles. The van der Waals surface area contributed by atoms with Crippen molar-refractivity contribution in [1.82, 2.24) is 0 Å². The maximum absolute atomic E-state index is 14.5. The molecule has 1 saturated heterocycles. The number of hydrogen-bond donors (Lipinski definition) is 7. The molecule has 2 saturated carbocycles. The molecule has 12 nitrogen and oxygen atoms in total. The number of hydrogen-bond acceptors (Lipinski definition) is 9. The van der Waals surface area contributed by atoms with Crippen molar-refractivity contribution in [1.29, 1.82) is 0 Å². The Morgan fingerprint density at radius 3 is 2.32 bits per heavy atom. The predicted molar refractivity (Wildman–Crippen MR) is 314 cm³/mol. The van der Waals surface area contributed by atoms with E-state index >= 15 is 0 Å². The summed E-state index contributed by atoms with van der Waals surface area (Å²) in [7, 11) is -4.70. The van der Waals surface area contributed by atoms with Crippen LogP contribution in [0.2, 0.25) is 0 Å². The Kier molecular flexibility index (Phi) is 15.3. The Morgan fingerprint density at radius 2 is 1.58 bits per heavy atom. The number of guanidine groups is 1. The van der Waals surface area contributed by atoms with Crippen LogP contribution in [0.4, 0.5) is 0 Å². The zero-order valence-corrected chi connectivity index (χ0v) is 47.3. The van der Waals surface area contributed by atoms with Crippen LogP contribution in [0.1, 0.15) is 177 Å². The first-order chi connectivity index (χ1) is 39.0. The molecule has 14 rings (SSSR count). The van der Waals surface area contributed by atoms with Crippen molar-refractivity contribution in [2.45, 2.75) is 168 Å². The number of aliphatic hydroxyl groups is 3. The van der Waals surface area contributed by atoms with Crippen molar-refractivity contribution in [2.24, 2.45) is 46.0 Å². The van der Waals surface area contributed by atoms with Crippen LogP contribution >= 0.6 is 0 Å². The monoisotopic (exact) mass is 1110 g/mol. The number of fused-ring (bicyclic) bond motifs is 9. The molecule has 9 N–H and O–H groups in total. The fourth-order valence-electron chi connectivity index (χ4n) is 16.1. The van der Waals surface area contributed by atoms with Crippen molar-refractivity contribution in [3.63, 3.8) is 0 Å². The molecule has 4 aliphatic carbocycles. The molecule has 81 heavy (non-hydrogen) atoms. The van der Waals surface area contributed by atoms with Gasteiger partial charge in [0.25, 0.3) is 10.1 Å². The molecule has 5 aliphatic heterocycles. The average molecular weight is 1110 g/mol. The topological polar surface area (TPSA) is 218 Å². The summed E-state index contributed by atoms with van der Waals surface area (Å²) in [5, 5.41) is 45.3. The third-order valence-corrected chi connectivity index (χ3v) is 21.5. The van der Waals surface area contributed by atoms with Crippen molar-refractivity contribution in [2.75, 3.05) is 6.61 Å². The number of aryl methyl sites for hydroxylation is 1. The SMILES string of the molecule is C[C@@H]1CCc2cc3ccc2[C@H]1C[C@@H](S(=O)(=O)O)[C@H]1C=C2C[C@H](C[C@H]4C[C@@H](CO)CC#Cc5cc(O)ccc5[C@@H]2O4)[C@@H]1c1ccc(cc1)[C@@](C[C@H](Cc1ccccc1)[C@@]1(O)CCC[C@H](c2ccc(C4(O)CCCC4)cc2)C1)(N=C(N)N)O3. The molecule has 13 atom stereocenters. The number of nitrogens with zero attached hydrogens (tertiary/aromatic N) is 1. The molecular formula is C68H79N3O9S. The normalized spacial score (nSPS) is 31.7. The van der Waals surface area contributed by atoms with E-state index in [2.05, 4.69) is 85.5 Å². The zero-order valence-electron chi connectivity index (χ0n) is 46.5. The van der Waals surface area contributed by atoms with Gasteiger partial charge in [-0.25, -0.2) is 4.99 Å². The zero-order chi connectivity index (χ0) is 56.3. The molecule has 3 fully saturated rings. The van der Waals surface area contributed by atoms with Gasteiger partial charge in [-0.2, -0.15) is 8.42 Å². The number of aromatic hydroxyl groups is 1. The van der Waals surface area contributed by atoms with Crippen LogP contribution in [0, 0.1) is 41.4 Å². The highest BCUT2D eigenvalue weighted by Gasteiger charge is 2.51. The summed E-state index contributed by atoms with van der Waals surface area (Å²) in [5.74, 6) is 5.07. The maximum atomic E-state index is 14.5.